The lowest BCUT2D eigenvalue weighted by Gasteiger charge is -2.10. The molecule has 0 spiro atoms. The molecule has 0 heterocycles. The average Bonchev–Trinajstić information content (AvgIpc) is 3.21. The minimum atomic E-state index is -0.724. The standard InChI is InChI=1S/C43H33NO12/c1-4-39(45)52-25-23-50-22-24-51-33-14-8-29(9-15-33)40(46)53-34-16-10-30(11-17-34)41(47)55-36-7-5-6-31(27-36)42(48)56-37-20-21-38(28(2)26-37)43(49)54-35-18-12-32(44-3)13-19-35/h4-21,26-27H,1,22-25H2,2H3. The molecule has 0 unspecified atom stereocenters. The molecule has 0 saturated carbocycles. The van der Waals surface area contributed by atoms with Gasteiger partial charge in [-0.15, -0.1) is 0 Å². The Balaban J connectivity index is 1.08. The normalized spacial score (nSPS) is 10.3. The predicted octanol–water partition coefficient (Wildman–Crippen LogP) is 7.55. The summed E-state index contributed by atoms with van der Waals surface area (Å²) in [5, 5.41) is 0. The first-order chi connectivity index (χ1) is 27.1. The van der Waals surface area contributed by atoms with Crippen LogP contribution < -0.4 is 23.7 Å². The van der Waals surface area contributed by atoms with Gasteiger partial charge in [-0.1, -0.05) is 24.8 Å². The molecule has 0 radical (unpaired) electrons. The van der Waals surface area contributed by atoms with Crippen molar-refractivity contribution in [3.63, 3.8) is 0 Å². The average molecular weight is 756 g/mol. The summed E-state index contributed by atoms with van der Waals surface area (Å²) < 4.78 is 37.5. The van der Waals surface area contributed by atoms with Gasteiger partial charge >= 0.3 is 29.8 Å². The fraction of sp³-hybridized carbons (Fsp3) is 0.116. The van der Waals surface area contributed by atoms with Gasteiger partial charge < -0.3 is 33.2 Å². The molecule has 0 aliphatic heterocycles. The predicted molar refractivity (Wildman–Crippen MR) is 201 cm³/mol. The van der Waals surface area contributed by atoms with Gasteiger partial charge in [0.05, 0.1) is 42.0 Å². The molecule has 0 saturated heterocycles. The first-order valence-corrected chi connectivity index (χ1v) is 16.9. The van der Waals surface area contributed by atoms with Gasteiger partial charge in [0.2, 0.25) is 0 Å². The zero-order valence-corrected chi connectivity index (χ0v) is 29.9. The van der Waals surface area contributed by atoms with Crippen LogP contribution in [0.1, 0.15) is 47.0 Å². The minimum Gasteiger partial charge on any atom is -0.491 e. The number of ether oxygens (including phenoxy) is 7. The van der Waals surface area contributed by atoms with Crippen molar-refractivity contribution in [2.45, 2.75) is 6.92 Å². The first kappa shape index (κ1) is 39.6. The second-order valence-corrected chi connectivity index (χ2v) is 11.5. The van der Waals surface area contributed by atoms with E-state index in [1.807, 2.05) is 0 Å². The van der Waals surface area contributed by atoms with Gasteiger partial charge in [0, 0.05) is 6.08 Å². The van der Waals surface area contributed by atoms with Gasteiger partial charge in [-0.2, -0.15) is 0 Å². The summed E-state index contributed by atoms with van der Waals surface area (Å²) in [6, 6.07) is 28.5. The zero-order chi connectivity index (χ0) is 39.9. The number of hydrogen-bond acceptors (Lipinski definition) is 12. The number of carbonyl (C=O) groups is 5. The van der Waals surface area contributed by atoms with Crippen molar-refractivity contribution < 1.29 is 57.1 Å². The summed E-state index contributed by atoms with van der Waals surface area (Å²) in [6.07, 6.45) is 1.07. The number of carbonyl (C=O) groups excluding carboxylic acids is 5. The summed E-state index contributed by atoms with van der Waals surface area (Å²) in [4.78, 5) is 65.5. The van der Waals surface area contributed by atoms with Crippen molar-refractivity contribution in [3.05, 3.63) is 167 Å². The van der Waals surface area contributed by atoms with Gasteiger partial charge in [-0.25, -0.2) is 28.8 Å². The van der Waals surface area contributed by atoms with Crippen LogP contribution in [0.2, 0.25) is 0 Å². The van der Waals surface area contributed by atoms with E-state index in [4.69, 9.17) is 39.7 Å². The molecule has 13 nitrogen and oxygen atoms in total. The summed E-state index contributed by atoms with van der Waals surface area (Å²) in [5.41, 5.74) is 1.73. The fourth-order valence-corrected chi connectivity index (χ4v) is 4.79. The van der Waals surface area contributed by atoms with Gasteiger partial charge in [-0.3, -0.25) is 0 Å². The third-order valence-electron chi connectivity index (χ3n) is 7.61. The van der Waals surface area contributed by atoms with E-state index in [-0.39, 0.29) is 71.7 Å². The molecule has 5 aromatic carbocycles. The fourth-order valence-electron chi connectivity index (χ4n) is 4.79. The van der Waals surface area contributed by atoms with Crippen LogP contribution in [-0.4, -0.2) is 56.3 Å². The van der Waals surface area contributed by atoms with E-state index in [0.717, 1.165) is 6.08 Å². The topological polar surface area (TPSA) is 154 Å². The Hall–Kier alpha value is -7.56. The zero-order valence-electron chi connectivity index (χ0n) is 29.9. The van der Waals surface area contributed by atoms with Crippen molar-refractivity contribution >= 4 is 35.5 Å². The molecule has 0 aliphatic rings. The monoisotopic (exact) mass is 755 g/mol. The lowest BCUT2D eigenvalue weighted by Crippen LogP contribution is -2.13. The third-order valence-corrected chi connectivity index (χ3v) is 7.61. The Labute approximate surface area is 321 Å². The molecular formula is C43H33NO12. The van der Waals surface area contributed by atoms with E-state index in [0.29, 0.717) is 17.0 Å². The van der Waals surface area contributed by atoms with E-state index in [2.05, 4.69) is 11.4 Å². The molecule has 0 fully saturated rings. The van der Waals surface area contributed by atoms with Crippen LogP contribution in [0.5, 0.6) is 28.7 Å². The molecule has 56 heavy (non-hydrogen) atoms. The molecule has 0 aliphatic carbocycles. The summed E-state index contributed by atoms with van der Waals surface area (Å²) in [5.74, 6) is -1.94. The van der Waals surface area contributed by atoms with Crippen LogP contribution in [-0.2, 0) is 14.3 Å². The molecule has 0 N–H and O–H groups in total. The number of nitrogens with zero attached hydrogens (tertiary/aromatic N) is 1. The Morgan fingerprint density at radius 3 is 1.70 bits per heavy atom. The number of hydrogen-bond donors (Lipinski definition) is 0. The van der Waals surface area contributed by atoms with E-state index >= 15 is 0 Å². The lowest BCUT2D eigenvalue weighted by molar-refractivity contribution is -0.139. The van der Waals surface area contributed by atoms with Crippen LogP contribution in [0.3, 0.4) is 0 Å². The van der Waals surface area contributed by atoms with Crippen molar-refractivity contribution in [1.82, 2.24) is 0 Å². The summed E-state index contributed by atoms with van der Waals surface area (Å²) in [7, 11) is 0. The maximum Gasteiger partial charge on any atom is 0.343 e. The summed E-state index contributed by atoms with van der Waals surface area (Å²) in [6.45, 7) is 12.8. The van der Waals surface area contributed by atoms with E-state index in [9.17, 15) is 24.0 Å². The highest BCUT2D eigenvalue weighted by Crippen LogP contribution is 2.24. The smallest absolute Gasteiger partial charge is 0.343 e. The molecule has 0 atom stereocenters. The van der Waals surface area contributed by atoms with Crippen molar-refractivity contribution in [2.24, 2.45) is 0 Å². The van der Waals surface area contributed by atoms with Crippen molar-refractivity contribution in [1.29, 1.82) is 0 Å². The van der Waals surface area contributed by atoms with Crippen LogP contribution in [0, 0.1) is 13.5 Å². The first-order valence-electron chi connectivity index (χ1n) is 16.9. The Morgan fingerprint density at radius 2 is 1.09 bits per heavy atom. The molecule has 0 aromatic heterocycles. The second kappa shape index (κ2) is 19.5. The van der Waals surface area contributed by atoms with Crippen LogP contribution in [0.4, 0.5) is 5.69 Å². The largest absolute Gasteiger partial charge is 0.491 e. The van der Waals surface area contributed by atoms with E-state index in [1.165, 1.54) is 78.9 Å². The number of rotatable bonds is 16. The third kappa shape index (κ3) is 11.5. The van der Waals surface area contributed by atoms with Crippen molar-refractivity contribution in [2.75, 3.05) is 26.4 Å². The van der Waals surface area contributed by atoms with Gasteiger partial charge in [0.1, 0.15) is 42.0 Å². The molecule has 13 heteroatoms. The molecule has 0 bridgehead atoms. The quantitative estimate of drug-likeness (QED) is 0.0321. The Kier molecular flexibility index (Phi) is 13.8. The van der Waals surface area contributed by atoms with Crippen molar-refractivity contribution in [3.8, 4) is 28.7 Å². The van der Waals surface area contributed by atoms with Gasteiger partial charge in [0.15, 0.2) is 5.69 Å². The molecular weight excluding hydrogens is 722 g/mol. The highest BCUT2D eigenvalue weighted by molar-refractivity contribution is 5.95. The van der Waals surface area contributed by atoms with E-state index in [1.54, 1.807) is 43.3 Å². The summed E-state index contributed by atoms with van der Waals surface area (Å²) >= 11 is 0. The lowest BCUT2D eigenvalue weighted by atomic mass is 10.1. The van der Waals surface area contributed by atoms with Crippen LogP contribution in [0.15, 0.2) is 128 Å². The van der Waals surface area contributed by atoms with Crippen LogP contribution >= 0.6 is 0 Å². The highest BCUT2D eigenvalue weighted by atomic mass is 16.6. The van der Waals surface area contributed by atoms with Crippen LogP contribution in [0.25, 0.3) is 4.85 Å². The molecule has 5 rings (SSSR count). The second-order valence-electron chi connectivity index (χ2n) is 11.5. The van der Waals surface area contributed by atoms with Gasteiger partial charge in [0.25, 0.3) is 0 Å². The number of aryl methyl sites for hydroxylation is 1. The maximum atomic E-state index is 13.0. The minimum absolute atomic E-state index is 0.0881. The van der Waals surface area contributed by atoms with Gasteiger partial charge in [-0.05, 0) is 110 Å². The molecule has 5 aromatic rings. The SMILES string of the molecule is [C-]#[N+]c1ccc(OC(=O)c2ccc(OC(=O)c3cccc(OC(=O)c4ccc(OC(=O)c5ccc(OCCOCCOC(=O)C=C)cc5)cc4)c3)cc2C)cc1. The molecule has 0 amide bonds. The maximum absolute atomic E-state index is 13.0. The Morgan fingerprint density at radius 1 is 0.571 bits per heavy atom. The number of esters is 5. The number of benzene rings is 5. The molecule has 282 valence electrons. The highest BCUT2D eigenvalue weighted by Gasteiger charge is 2.17. The Bertz CT molecular complexity index is 2260. The van der Waals surface area contributed by atoms with E-state index < -0.39 is 29.8 Å².